The largest absolute Gasteiger partial charge is 0.417 e. The van der Waals surface area contributed by atoms with Gasteiger partial charge >= 0.3 is 6.09 Å². The summed E-state index contributed by atoms with van der Waals surface area (Å²) in [5.74, 6) is 0. The van der Waals surface area contributed by atoms with E-state index in [0.717, 1.165) is 0 Å². The summed E-state index contributed by atoms with van der Waals surface area (Å²) in [6.07, 6.45) is -5.01. The van der Waals surface area contributed by atoms with Gasteiger partial charge in [-0.1, -0.05) is 0 Å². The molecule has 2 rings (SSSR count). The van der Waals surface area contributed by atoms with Crippen LogP contribution in [0.15, 0.2) is 0 Å². The van der Waals surface area contributed by atoms with Crippen LogP contribution in [0.5, 0.6) is 0 Å². The fourth-order valence-electron chi connectivity index (χ4n) is 1.61. The van der Waals surface area contributed by atoms with Crippen molar-refractivity contribution in [2.75, 3.05) is 6.61 Å². The number of rotatable bonds is 1. The van der Waals surface area contributed by atoms with Gasteiger partial charge in [0.15, 0.2) is 0 Å². The molecule has 2 aliphatic heterocycles. The summed E-state index contributed by atoms with van der Waals surface area (Å²) in [5.41, 5.74) is 0. The summed E-state index contributed by atoms with van der Waals surface area (Å²) in [5, 5.41) is 30.1. The molecule has 0 radical (unpaired) electrons. The topological polar surface area (TPSA) is 108 Å². The molecule has 4 N–H and O–H groups in total. The van der Waals surface area contributed by atoms with Crippen molar-refractivity contribution in [3.05, 3.63) is 0 Å². The smallest absolute Gasteiger partial charge is 0.410 e. The number of nitrogens with one attached hydrogen (secondary N) is 1. The molecule has 0 saturated carbocycles. The number of ether oxygens (including phenoxy) is 2. The van der Waals surface area contributed by atoms with Gasteiger partial charge in [0.2, 0.25) is 6.29 Å². The van der Waals surface area contributed by atoms with E-state index < -0.39 is 43.3 Å². The molecule has 2 heterocycles. The Balaban J connectivity index is 2.13. The van der Waals surface area contributed by atoms with Gasteiger partial charge in [0, 0.05) is 0 Å². The Morgan fingerprint density at radius 2 is 2.07 bits per heavy atom. The van der Waals surface area contributed by atoms with Crippen molar-refractivity contribution in [2.24, 2.45) is 0 Å². The normalized spacial score (nSPS) is 46.8. The van der Waals surface area contributed by atoms with Crippen molar-refractivity contribution >= 4 is 6.09 Å². The molecule has 0 aromatic heterocycles. The minimum atomic E-state index is -1.23. The summed E-state index contributed by atoms with van der Waals surface area (Å²) in [7, 11) is 0. The van der Waals surface area contributed by atoms with Gasteiger partial charge in [0.25, 0.3) is 0 Å². The molecule has 0 aliphatic carbocycles. The van der Waals surface area contributed by atoms with Gasteiger partial charge in [-0.05, 0) is 0 Å². The summed E-state index contributed by atoms with van der Waals surface area (Å²) in [6, 6.07) is -0.778. The number of fused-ring (bicyclic) bond motifs is 1. The molecule has 5 atom stereocenters. The first kappa shape index (κ1) is 9.66. The van der Waals surface area contributed by atoms with Gasteiger partial charge in [-0.2, -0.15) is 0 Å². The minimum absolute atomic E-state index is 0.445. The van der Waals surface area contributed by atoms with Crippen molar-refractivity contribution in [1.29, 1.82) is 0 Å². The standard InChI is InChI=1S/C7H11NO6/c9-1-2-4(10)5(11)3-6(13-2)14-7(12)8-3/h2-6,9-11H,1H2,(H,8,12)/t2-,3+,4-,5+,6-/m0/s1. The minimum Gasteiger partial charge on any atom is -0.417 e. The summed E-state index contributed by atoms with van der Waals surface area (Å²) in [4.78, 5) is 10.8. The van der Waals surface area contributed by atoms with Crippen LogP contribution < -0.4 is 5.32 Å². The van der Waals surface area contributed by atoms with Gasteiger partial charge in [-0.3, -0.25) is 0 Å². The Kier molecular flexibility index (Phi) is 2.31. The van der Waals surface area contributed by atoms with Crippen molar-refractivity contribution in [3.8, 4) is 0 Å². The van der Waals surface area contributed by atoms with Gasteiger partial charge in [0.1, 0.15) is 24.4 Å². The van der Waals surface area contributed by atoms with E-state index in [9.17, 15) is 15.0 Å². The number of alkyl carbamates (subject to hydrolysis) is 1. The Morgan fingerprint density at radius 1 is 1.36 bits per heavy atom. The zero-order valence-electron chi connectivity index (χ0n) is 7.16. The van der Waals surface area contributed by atoms with Crippen LogP contribution in [-0.2, 0) is 9.47 Å². The van der Waals surface area contributed by atoms with Crippen LogP contribution in [0.2, 0.25) is 0 Å². The first-order chi connectivity index (χ1) is 6.63. The third kappa shape index (κ3) is 1.34. The zero-order valence-corrected chi connectivity index (χ0v) is 7.16. The summed E-state index contributed by atoms with van der Waals surface area (Å²) < 4.78 is 9.71. The monoisotopic (exact) mass is 205 g/mol. The van der Waals surface area contributed by atoms with E-state index in [1.807, 2.05) is 0 Å². The second-order valence-corrected chi connectivity index (χ2v) is 3.28. The maximum atomic E-state index is 10.8. The Bertz CT molecular complexity index is 246. The molecular formula is C7H11NO6. The van der Waals surface area contributed by atoms with E-state index in [2.05, 4.69) is 10.1 Å². The number of carbonyl (C=O) groups excluding carboxylic acids is 1. The van der Waals surface area contributed by atoms with Crippen molar-refractivity contribution in [1.82, 2.24) is 5.32 Å². The van der Waals surface area contributed by atoms with Crippen LogP contribution in [0.25, 0.3) is 0 Å². The molecule has 7 nitrogen and oxygen atoms in total. The average Bonchev–Trinajstić information content (AvgIpc) is 2.52. The molecule has 0 bridgehead atoms. The highest BCUT2D eigenvalue weighted by Gasteiger charge is 2.50. The van der Waals surface area contributed by atoms with E-state index in [-0.39, 0.29) is 0 Å². The fraction of sp³-hybridized carbons (Fsp3) is 0.857. The van der Waals surface area contributed by atoms with E-state index in [1.54, 1.807) is 0 Å². The molecule has 1 amide bonds. The van der Waals surface area contributed by atoms with Gasteiger partial charge in [0.05, 0.1) is 6.61 Å². The lowest BCUT2D eigenvalue weighted by Crippen LogP contribution is -2.60. The van der Waals surface area contributed by atoms with Crippen LogP contribution in [0.4, 0.5) is 4.79 Å². The third-order valence-electron chi connectivity index (χ3n) is 2.39. The van der Waals surface area contributed by atoms with E-state index in [0.29, 0.717) is 0 Å². The Morgan fingerprint density at radius 3 is 2.71 bits per heavy atom. The SMILES string of the molecule is O=C1N[C@H]2[C@H](O1)O[C@@H](CO)[C@H](O)[C@@H]2O. The van der Waals surface area contributed by atoms with Crippen LogP contribution in [-0.4, -0.2) is 58.7 Å². The molecule has 2 saturated heterocycles. The second-order valence-electron chi connectivity index (χ2n) is 3.28. The zero-order chi connectivity index (χ0) is 10.3. The Hall–Kier alpha value is -0.890. The molecule has 0 spiro atoms. The highest BCUT2D eigenvalue weighted by molar-refractivity contribution is 5.70. The third-order valence-corrected chi connectivity index (χ3v) is 2.39. The molecule has 2 aliphatic rings. The van der Waals surface area contributed by atoms with E-state index in [1.165, 1.54) is 0 Å². The predicted molar refractivity (Wildman–Crippen MR) is 41.2 cm³/mol. The van der Waals surface area contributed by atoms with Crippen LogP contribution in [0.1, 0.15) is 0 Å². The predicted octanol–water partition coefficient (Wildman–Crippen LogP) is -2.47. The van der Waals surface area contributed by atoms with Crippen molar-refractivity contribution < 1.29 is 29.6 Å². The van der Waals surface area contributed by atoms with Gasteiger partial charge < -0.3 is 30.1 Å². The number of hydrogen-bond acceptors (Lipinski definition) is 6. The summed E-state index contributed by atoms with van der Waals surface area (Å²) in [6.45, 7) is -0.445. The average molecular weight is 205 g/mol. The lowest BCUT2D eigenvalue weighted by Gasteiger charge is -2.36. The number of aliphatic hydroxyl groups excluding tert-OH is 3. The van der Waals surface area contributed by atoms with Gasteiger partial charge in [-0.15, -0.1) is 0 Å². The lowest BCUT2D eigenvalue weighted by atomic mass is 9.98. The number of carbonyl (C=O) groups is 1. The number of aliphatic hydroxyl groups is 3. The number of amides is 1. The molecule has 0 aromatic carbocycles. The van der Waals surface area contributed by atoms with E-state index in [4.69, 9.17) is 9.84 Å². The Labute approximate surface area is 79.2 Å². The molecule has 2 fully saturated rings. The second kappa shape index (κ2) is 3.35. The van der Waals surface area contributed by atoms with Gasteiger partial charge in [-0.25, -0.2) is 4.79 Å². The van der Waals surface area contributed by atoms with Crippen LogP contribution in [0, 0.1) is 0 Å². The first-order valence-electron chi connectivity index (χ1n) is 4.23. The molecule has 14 heavy (non-hydrogen) atoms. The first-order valence-corrected chi connectivity index (χ1v) is 4.23. The summed E-state index contributed by atoms with van der Waals surface area (Å²) >= 11 is 0. The van der Waals surface area contributed by atoms with Crippen molar-refractivity contribution in [2.45, 2.75) is 30.6 Å². The highest BCUT2D eigenvalue weighted by atomic mass is 16.7. The lowest BCUT2D eigenvalue weighted by molar-refractivity contribution is -0.234. The maximum Gasteiger partial charge on any atom is 0.410 e. The highest BCUT2D eigenvalue weighted by Crippen LogP contribution is 2.25. The van der Waals surface area contributed by atoms with E-state index >= 15 is 0 Å². The molecule has 0 aromatic rings. The molecule has 7 heteroatoms. The number of hydrogen-bond donors (Lipinski definition) is 4. The van der Waals surface area contributed by atoms with Crippen molar-refractivity contribution in [3.63, 3.8) is 0 Å². The molecule has 0 unspecified atom stereocenters. The molecule has 80 valence electrons. The molecular weight excluding hydrogens is 194 g/mol. The quantitative estimate of drug-likeness (QED) is 0.378. The van der Waals surface area contributed by atoms with Crippen LogP contribution in [0.3, 0.4) is 0 Å². The maximum absolute atomic E-state index is 10.8. The van der Waals surface area contributed by atoms with Crippen LogP contribution >= 0.6 is 0 Å². The fourth-order valence-corrected chi connectivity index (χ4v) is 1.61.